The van der Waals surface area contributed by atoms with Crippen LogP contribution >= 0.6 is 23.2 Å². The molecule has 1 fully saturated rings. The molecule has 1 aromatic heterocycles. The average molecular weight is 274 g/mol. The van der Waals surface area contributed by atoms with E-state index in [0.717, 1.165) is 5.69 Å². The average Bonchev–Trinajstić information content (AvgIpc) is 2.50. The van der Waals surface area contributed by atoms with E-state index in [1.807, 2.05) is 0 Å². The van der Waals surface area contributed by atoms with Crippen molar-refractivity contribution in [3.8, 4) is 0 Å². The van der Waals surface area contributed by atoms with E-state index in [1.54, 1.807) is 6.07 Å². The molecule has 0 aliphatic heterocycles. The van der Waals surface area contributed by atoms with E-state index in [-0.39, 0.29) is 0 Å². The second-order valence-corrected chi connectivity index (χ2v) is 5.48. The van der Waals surface area contributed by atoms with Crippen LogP contribution < -0.4 is 5.32 Å². The van der Waals surface area contributed by atoms with Gasteiger partial charge in [0.15, 0.2) is 10.3 Å². The van der Waals surface area contributed by atoms with E-state index in [2.05, 4.69) is 22.4 Å². The zero-order valence-electron chi connectivity index (χ0n) is 9.92. The lowest BCUT2D eigenvalue weighted by Crippen LogP contribution is -2.26. The van der Waals surface area contributed by atoms with Gasteiger partial charge in [0.05, 0.1) is 5.69 Å². The fraction of sp³-hybridized carbons (Fsp3) is 0.667. The van der Waals surface area contributed by atoms with E-state index < -0.39 is 0 Å². The van der Waals surface area contributed by atoms with Crippen LogP contribution in [0.15, 0.2) is 6.07 Å². The molecule has 0 saturated heterocycles. The van der Waals surface area contributed by atoms with Crippen molar-refractivity contribution in [2.24, 2.45) is 5.92 Å². The molecule has 1 N–H and O–H groups in total. The van der Waals surface area contributed by atoms with Crippen molar-refractivity contribution in [2.75, 3.05) is 5.32 Å². The van der Waals surface area contributed by atoms with Crippen LogP contribution in [-0.4, -0.2) is 16.2 Å². The molecule has 1 saturated carbocycles. The summed E-state index contributed by atoms with van der Waals surface area (Å²) in [5.74, 6) is 0.653. The number of hydrogen-bond acceptors (Lipinski definition) is 3. The van der Waals surface area contributed by atoms with Gasteiger partial charge < -0.3 is 5.32 Å². The molecule has 2 atom stereocenters. The van der Waals surface area contributed by atoms with Gasteiger partial charge in [-0.25, -0.2) is 0 Å². The fourth-order valence-electron chi connectivity index (χ4n) is 2.36. The summed E-state index contributed by atoms with van der Waals surface area (Å²) < 4.78 is 0. The van der Waals surface area contributed by atoms with E-state index in [0.29, 0.717) is 22.3 Å². The zero-order chi connectivity index (χ0) is 12.3. The van der Waals surface area contributed by atoms with Crippen molar-refractivity contribution in [3.63, 3.8) is 0 Å². The predicted octanol–water partition coefficient (Wildman–Crippen LogP) is 4.16. The Morgan fingerprint density at radius 3 is 2.76 bits per heavy atom. The van der Waals surface area contributed by atoms with Crippen LogP contribution in [0.3, 0.4) is 0 Å². The minimum absolute atomic E-state index is 0.373. The normalized spacial score (nSPS) is 25.4. The van der Waals surface area contributed by atoms with Gasteiger partial charge in [0, 0.05) is 12.1 Å². The number of nitrogens with one attached hydrogen (secondary N) is 1. The third-order valence-electron chi connectivity index (χ3n) is 3.42. The molecule has 0 bridgehead atoms. The summed E-state index contributed by atoms with van der Waals surface area (Å²) in [6.45, 7) is 2.28. The first-order valence-electron chi connectivity index (χ1n) is 6.12. The van der Waals surface area contributed by atoms with Gasteiger partial charge in [0.2, 0.25) is 0 Å². The maximum atomic E-state index is 6.01. The molecule has 3 nitrogen and oxygen atoms in total. The van der Waals surface area contributed by atoms with Crippen LogP contribution in [0.2, 0.25) is 10.3 Å². The Balaban J connectivity index is 2.10. The van der Waals surface area contributed by atoms with Crippen molar-refractivity contribution >= 4 is 28.9 Å². The first-order chi connectivity index (χ1) is 8.16. The van der Waals surface area contributed by atoms with Crippen LogP contribution in [0, 0.1) is 5.92 Å². The number of hydrogen-bond donors (Lipinski definition) is 1. The molecule has 2 unspecified atom stereocenters. The van der Waals surface area contributed by atoms with Gasteiger partial charge in [0.1, 0.15) is 0 Å². The van der Waals surface area contributed by atoms with Crippen LogP contribution in [0.5, 0.6) is 0 Å². The van der Waals surface area contributed by atoms with Crippen molar-refractivity contribution < 1.29 is 0 Å². The predicted molar refractivity (Wildman–Crippen MR) is 71.7 cm³/mol. The standard InChI is InChI=1S/C12H17Cl2N3/c1-8-5-3-2-4-6-9(8)15-10-7-11(13)16-17-12(10)14/h7-9H,2-6H2,1H3,(H,15,16). The monoisotopic (exact) mass is 273 g/mol. The van der Waals surface area contributed by atoms with Gasteiger partial charge in [-0.2, -0.15) is 0 Å². The molecule has 0 spiro atoms. The number of anilines is 1. The molecule has 1 heterocycles. The highest BCUT2D eigenvalue weighted by Gasteiger charge is 2.20. The maximum Gasteiger partial charge on any atom is 0.174 e. The molecule has 0 aromatic carbocycles. The smallest absolute Gasteiger partial charge is 0.174 e. The van der Waals surface area contributed by atoms with Crippen LogP contribution in [-0.2, 0) is 0 Å². The van der Waals surface area contributed by atoms with Gasteiger partial charge in [-0.05, 0) is 18.8 Å². The van der Waals surface area contributed by atoms with Crippen molar-refractivity contribution in [2.45, 2.75) is 45.1 Å². The lowest BCUT2D eigenvalue weighted by molar-refractivity contribution is 0.456. The summed E-state index contributed by atoms with van der Waals surface area (Å²) in [4.78, 5) is 0. The Bertz CT molecular complexity index is 384. The molecular weight excluding hydrogens is 257 g/mol. The largest absolute Gasteiger partial charge is 0.379 e. The summed E-state index contributed by atoms with van der Waals surface area (Å²) in [5.41, 5.74) is 0.797. The molecule has 2 rings (SSSR count). The summed E-state index contributed by atoms with van der Waals surface area (Å²) in [6.07, 6.45) is 6.36. The minimum Gasteiger partial charge on any atom is -0.379 e. The van der Waals surface area contributed by atoms with Gasteiger partial charge in [-0.1, -0.05) is 49.4 Å². The van der Waals surface area contributed by atoms with Gasteiger partial charge in [-0.3, -0.25) is 0 Å². The summed E-state index contributed by atoms with van der Waals surface area (Å²) in [6, 6.07) is 2.20. The first kappa shape index (κ1) is 12.9. The highest BCUT2D eigenvalue weighted by atomic mass is 35.5. The maximum absolute atomic E-state index is 6.01. The summed E-state index contributed by atoms with van der Waals surface area (Å²) in [7, 11) is 0. The third kappa shape index (κ3) is 3.46. The van der Waals surface area contributed by atoms with Crippen molar-refractivity contribution in [1.29, 1.82) is 0 Å². The highest BCUT2D eigenvalue weighted by Crippen LogP contribution is 2.28. The first-order valence-corrected chi connectivity index (χ1v) is 6.87. The fourth-order valence-corrected chi connectivity index (χ4v) is 2.66. The quantitative estimate of drug-likeness (QED) is 0.823. The number of rotatable bonds is 2. The van der Waals surface area contributed by atoms with E-state index >= 15 is 0 Å². The van der Waals surface area contributed by atoms with Gasteiger partial charge >= 0.3 is 0 Å². The van der Waals surface area contributed by atoms with Crippen molar-refractivity contribution in [3.05, 3.63) is 16.4 Å². The molecule has 1 aliphatic rings. The second-order valence-electron chi connectivity index (χ2n) is 4.74. The van der Waals surface area contributed by atoms with Gasteiger partial charge in [0.25, 0.3) is 0 Å². The zero-order valence-corrected chi connectivity index (χ0v) is 11.4. The van der Waals surface area contributed by atoms with Gasteiger partial charge in [-0.15, -0.1) is 10.2 Å². The van der Waals surface area contributed by atoms with E-state index in [9.17, 15) is 0 Å². The Morgan fingerprint density at radius 2 is 1.94 bits per heavy atom. The SMILES string of the molecule is CC1CCCCCC1Nc1cc(Cl)nnc1Cl. The number of aromatic nitrogens is 2. The van der Waals surface area contributed by atoms with E-state index in [4.69, 9.17) is 23.2 Å². The van der Waals surface area contributed by atoms with Crippen LogP contribution in [0.4, 0.5) is 5.69 Å². The summed E-state index contributed by atoms with van der Waals surface area (Å²) >= 11 is 11.8. The Morgan fingerprint density at radius 1 is 1.18 bits per heavy atom. The molecule has 1 aliphatic carbocycles. The molecule has 1 aromatic rings. The van der Waals surface area contributed by atoms with Crippen molar-refractivity contribution in [1.82, 2.24) is 10.2 Å². The molecule has 17 heavy (non-hydrogen) atoms. The Labute approximate surface area is 112 Å². The Hall–Kier alpha value is -0.540. The third-order valence-corrected chi connectivity index (χ3v) is 3.89. The second kappa shape index (κ2) is 5.87. The lowest BCUT2D eigenvalue weighted by Gasteiger charge is -2.24. The topological polar surface area (TPSA) is 37.8 Å². The van der Waals surface area contributed by atoms with E-state index in [1.165, 1.54) is 32.1 Å². The minimum atomic E-state index is 0.373. The molecule has 0 amide bonds. The highest BCUT2D eigenvalue weighted by molar-refractivity contribution is 6.33. The number of halogens is 2. The summed E-state index contributed by atoms with van der Waals surface area (Å²) in [5, 5.41) is 11.8. The molecule has 0 radical (unpaired) electrons. The molecule has 5 heteroatoms. The molecule has 94 valence electrons. The number of nitrogens with zero attached hydrogens (tertiary/aromatic N) is 2. The lowest BCUT2D eigenvalue weighted by atomic mass is 9.97. The molecular formula is C12H17Cl2N3. The van der Waals surface area contributed by atoms with Crippen LogP contribution in [0.25, 0.3) is 0 Å². The Kier molecular flexibility index (Phi) is 4.46. The van der Waals surface area contributed by atoms with Crippen LogP contribution in [0.1, 0.15) is 39.0 Å².